The van der Waals surface area contributed by atoms with Gasteiger partial charge in [0.15, 0.2) is 5.11 Å². The van der Waals surface area contributed by atoms with Gasteiger partial charge in [0.2, 0.25) is 0 Å². The Balaban J connectivity index is 1.83. The van der Waals surface area contributed by atoms with E-state index in [4.69, 9.17) is 12.2 Å². The monoisotopic (exact) mass is 383 g/mol. The molecule has 0 saturated heterocycles. The summed E-state index contributed by atoms with van der Waals surface area (Å²) in [6.45, 7) is -2.81. The van der Waals surface area contributed by atoms with Crippen LogP contribution in [0.15, 0.2) is 48.5 Å². The predicted octanol–water partition coefficient (Wildman–Crippen LogP) is 3.22. The van der Waals surface area contributed by atoms with Crippen LogP contribution in [0.4, 0.5) is 20.2 Å². The van der Waals surface area contributed by atoms with Crippen LogP contribution in [-0.2, 0) is 0 Å². The van der Waals surface area contributed by atoms with Crippen LogP contribution in [0, 0.1) is 10.1 Å². The highest BCUT2D eigenvalue weighted by molar-refractivity contribution is 7.80. The molecule has 3 N–H and O–H groups in total. The number of alkyl halides is 2. The number of aliphatic hydroxyl groups excluding tert-OH is 1. The molecule has 0 bridgehead atoms. The molecule has 0 fully saturated rings. The minimum absolute atomic E-state index is 0.0259. The lowest BCUT2D eigenvalue weighted by atomic mass is 10.1. The number of nitrogens with zero attached hydrogens (tertiary/aromatic N) is 1. The van der Waals surface area contributed by atoms with Crippen LogP contribution in [0.2, 0.25) is 0 Å². The molecule has 1 atom stereocenters. The number of thiocarbonyl (C=S) groups is 1. The first-order chi connectivity index (χ1) is 12.3. The van der Waals surface area contributed by atoms with Crippen LogP contribution in [-0.4, -0.2) is 28.3 Å². The van der Waals surface area contributed by atoms with Crippen molar-refractivity contribution in [1.82, 2.24) is 5.32 Å². The van der Waals surface area contributed by atoms with E-state index in [1.54, 1.807) is 0 Å². The summed E-state index contributed by atoms with van der Waals surface area (Å²) in [5.74, 6) is 0.0259. The predicted molar refractivity (Wildman–Crippen MR) is 95.4 cm³/mol. The number of anilines is 1. The average molecular weight is 383 g/mol. The van der Waals surface area contributed by atoms with Gasteiger partial charge in [-0.05, 0) is 54.2 Å². The van der Waals surface area contributed by atoms with E-state index in [9.17, 15) is 24.0 Å². The lowest BCUT2D eigenvalue weighted by Gasteiger charge is -2.15. The van der Waals surface area contributed by atoms with E-state index in [-0.39, 0.29) is 23.1 Å². The Bertz CT molecular complexity index is 757. The molecule has 0 spiro atoms. The molecule has 10 heteroatoms. The molecule has 2 aromatic rings. The van der Waals surface area contributed by atoms with Gasteiger partial charge in [0.05, 0.1) is 11.0 Å². The number of ether oxygens (including phenoxy) is 1. The Hall–Kier alpha value is -2.85. The Labute approximate surface area is 152 Å². The van der Waals surface area contributed by atoms with Crippen molar-refractivity contribution in [3.05, 3.63) is 64.2 Å². The smallest absolute Gasteiger partial charge is 0.387 e. The molecular weight excluding hydrogens is 368 g/mol. The molecule has 0 heterocycles. The maximum atomic E-state index is 12.1. The second-order valence-electron chi connectivity index (χ2n) is 5.10. The molecule has 0 amide bonds. The fourth-order valence-corrected chi connectivity index (χ4v) is 2.22. The van der Waals surface area contributed by atoms with Gasteiger partial charge in [0.1, 0.15) is 5.75 Å². The second-order valence-corrected chi connectivity index (χ2v) is 5.51. The van der Waals surface area contributed by atoms with E-state index in [0.717, 1.165) is 0 Å². The number of benzene rings is 2. The topological polar surface area (TPSA) is 96.7 Å². The highest BCUT2D eigenvalue weighted by Gasteiger charge is 2.11. The highest BCUT2D eigenvalue weighted by Crippen LogP contribution is 2.19. The van der Waals surface area contributed by atoms with Gasteiger partial charge in [-0.15, -0.1) is 0 Å². The second kappa shape index (κ2) is 9.02. The third kappa shape index (κ3) is 5.90. The first kappa shape index (κ1) is 19.5. The third-order valence-corrected chi connectivity index (χ3v) is 3.53. The maximum absolute atomic E-state index is 12.1. The van der Waals surface area contributed by atoms with Gasteiger partial charge in [0.25, 0.3) is 5.69 Å². The third-order valence-electron chi connectivity index (χ3n) is 3.28. The molecule has 0 aromatic heterocycles. The lowest BCUT2D eigenvalue weighted by molar-refractivity contribution is -0.384. The molecule has 0 radical (unpaired) electrons. The summed E-state index contributed by atoms with van der Waals surface area (Å²) in [5, 5.41) is 26.5. The molecule has 0 aliphatic carbocycles. The molecule has 26 heavy (non-hydrogen) atoms. The quantitative estimate of drug-likeness (QED) is 0.384. The maximum Gasteiger partial charge on any atom is 0.387 e. The van der Waals surface area contributed by atoms with Crippen LogP contribution < -0.4 is 15.4 Å². The molecule has 2 aromatic carbocycles. The summed E-state index contributed by atoms with van der Waals surface area (Å²) in [6.07, 6.45) is -0.919. The number of rotatable bonds is 7. The fourth-order valence-electron chi connectivity index (χ4n) is 2.02. The Morgan fingerprint density at radius 3 is 2.35 bits per heavy atom. The summed E-state index contributed by atoms with van der Waals surface area (Å²) in [7, 11) is 0. The van der Waals surface area contributed by atoms with Gasteiger partial charge in [-0.1, -0.05) is 0 Å². The van der Waals surface area contributed by atoms with Crippen molar-refractivity contribution in [2.45, 2.75) is 12.7 Å². The van der Waals surface area contributed by atoms with Crippen molar-refractivity contribution in [2.24, 2.45) is 0 Å². The number of nitrogens with one attached hydrogen (secondary N) is 2. The van der Waals surface area contributed by atoms with Gasteiger partial charge in [0, 0.05) is 24.4 Å². The molecule has 0 aliphatic heterocycles. The molecule has 0 saturated carbocycles. The molecule has 2 rings (SSSR count). The Morgan fingerprint density at radius 1 is 1.19 bits per heavy atom. The number of non-ortho nitro benzene ring substituents is 1. The van der Waals surface area contributed by atoms with Gasteiger partial charge < -0.3 is 20.5 Å². The van der Waals surface area contributed by atoms with Crippen molar-refractivity contribution in [2.75, 3.05) is 11.9 Å². The largest absolute Gasteiger partial charge is 0.435 e. The molecule has 0 unspecified atom stereocenters. The number of aliphatic hydroxyl groups is 1. The average Bonchev–Trinajstić information content (AvgIpc) is 2.61. The molecule has 138 valence electrons. The number of nitro benzene ring substituents is 1. The van der Waals surface area contributed by atoms with Crippen LogP contribution in [0.25, 0.3) is 0 Å². The van der Waals surface area contributed by atoms with Crippen LogP contribution in [0.1, 0.15) is 11.7 Å². The number of halogens is 2. The summed E-state index contributed by atoms with van der Waals surface area (Å²) < 4.78 is 28.4. The fraction of sp³-hybridized carbons (Fsp3) is 0.188. The lowest BCUT2D eigenvalue weighted by Crippen LogP contribution is -2.32. The SMILES string of the molecule is O=[N+]([O-])c1ccc([C@H](O)CNC(=S)Nc2ccc(OC(F)F)cc2)cc1. The zero-order chi connectivity index (χ0) is 19.1. The number of nitro groups is 1. The van der Waals surface area contributed by atoms with Crippen molar-refractivity contribution in [1.29, 1.82) is 0 Å². The van der Waals surface area contributed by atoms with E-state index in [0.29, 0.717) is 11.3 Å². The first-order valence-corrected chi connectivity index (χ1v) is 7.78. The van der Waals surface area contributed by atoms with Crippen molar-refractivity contribution >= 4 is 28.7 Å². The Morgan fingerprint density at radius 2 is 1.81 bits per heavy atom. The zero-order valence-corrected chi connectivity index (χ0v) is 14.1. The minimum Gasteiger partial charge on any atom is -0.435 e. The van der Waals surface area contributed by atoms with Crippen LogP contribution in [0.5, 0.6) is 5.75 Å². The molecule has 7 nitrogen and oxygen atoms in total. The minimum atomic E-state index is -2.89. The van der Waals surface area contributed by atoms with Crippen molar-refractivity contribution in [3.63, 3.8) is 0 Å². The summed E-state index contributed by atoms with van der Waals surface area (Å²) in [4.78, 5) is 10.1. The van der Waals surface area contributed by atoms with Gasteiger partial charge in [-0.2, -0.15) is 8.78 Å². The van der Waals surface area contributed by atoms with Crippen LogP contribution >= 0.6 is 12.2 Å². The number of hydrogen-bond donors (Lipinski definition) is 3. The summed E-state index contributed by atoms with van der Waals surface area (Å²) in [6, 6.07) is 11.3. The molecular formula is C16H15F2N3O4S. The Kier molecular flexibility index (Phi) is 6.75. The first-order valence-electron chi connectivity index (χ1n) is 7.37. The van der Waals surface area contributed by atoms with E-state index in [1.165, 1.54) is 48.5 Å². The van der Waals surface area contributed by atoms with Crippen molar-refractivity contribution in [3.8, 4) is 5.75 Å². The van der Waals surface area contributed by atoms with E-state index in [2.05, 4.69) is 15.4 Å². The normalized spacial score (nSPS) is 11.7. The van der Waals surface area contributed by atoms with Crippen molar-refractivity contribution < 1.29 is 23.5 Å². The summed E-state index contributed by atoms with van der Waals surface area (Å²) in [5.41, 5.74) is 0.985. The van der Waals surface area contributed by atoms with Gasteiger partial charge in [-0.3, -0.25) is 10.1 Å². The summed E-state index contributed by atoms with van der Waals surface area (Å²) >= 11 is 5.09. The van der Waals surface area contributed by atoms with E-state index in [1.807, 2.05) is 0 Å². The molecule has 0 aliphatic rings. The highest BCUT2D eigenvalue weighted by atomic mass is 32.1. The number of hydrogen-bond acceptors (Lipinski definition) is 5. The van der Waals surface area contributed by atoms with E-state index < -0.39 is 17.6 Å². The van der Waals surface area contributed by atoms with Crippen LogP contribution in [0.3, 0.4) is 0 Å². The van der Waals surface area contributed by atoms with Gasteiger partial charge in [-0.25, -0.2) is 0 Å². The zero-order valence-electron chi connectivity index (χ0n) is 13.3. The van der Waals surface area contributed by atoms with Gasteiger partial charge >= 0.3 is 6.61 Å². The standard InChI is InChI=1S/C16H15F2N3O4S/c17-15(18)25-13-7-3-11(4-8-13)20-16(26)19-9-14(22)10-1-5-12(6-2-10)21(23)24/h1-8,14-15,22H,9H2,(H2,19,20,26)/t14-/m1/s1. The van der Waals surface area contributed by atoms with E-state index >= 15 is 0 Å².